The number of nitrogens with zero attached hydrogens (tertiary/aromatic N) is 4. The Bertz CT molecular complexity index is 1490. The van der Waals surface area contributed by atoms with Gasteiger partial charge in [0.2, 0.25) is 5.13 Å². The van der Waals surface area contributed by atoms with E-state index >= 15 is 0 Å². The third-order valence-corrected chi connectivity index (χ3v) is 8.92. The van der Waals surface area contributed by atoms with E-state index in [-0.39, 0.29) is 10.8 Å². The van der Waals surface area contributed by atoms with Crippen LogP contribution >= 0.6 is 23.1 Å². The van der Waals surface area contributed by atoms with Crippen LogP contribution in [0.25, 0.3) is 11.4 Å². The molecule has 1 saturated heterocycles. The van der Waals surface area contributed by atoms with E-state index < -0.39 is 0 Å². The number of rotatable bonds is 6. The maximum absolute atomic E-state index is 7.02. The van der Waals surface area contributed by atoms with Gasteiger partial charge in [-0.2, -0.15) is 9.36 Å². The smallest absolute Gasteiger partial charge is 0.207 e. The van der Waals surface area contributed by atoms with Crippen molar-refractivity contribution < 1.29 is 4.74 Å². The number of ether oxygens (including phenoxy) is 1. The van der Waals surface area contributed by atoms with Crippen molar-refractivity contribution in [2.45, 2.75) is 39.0 Å². The van der Waals surface area contributed by atoms with Crippen LogP contribution in [0.15, 0.2) is 66.7 Å². The molecule has 8 heteroatoms. The van der Waals surface area contributed by atoms with Gasteiger partial charge in [0.1, 0.15) is 5.75 Å². The summed E-state index contributed by atoms with van der Waals surface area (Å²) < 4.78 is 10.5. The van der Waals surface area contributed by atoms with Crippen LogP contribution in [0.2, 0.25) is 5.02 Å². The number of halogens is 1. The van der Waals surface area contributed by atoms with E-state index in [1.54, 1.807) is 7.11 Å². The second kappa shape index (κ2) is 10.7. The molecule has 1 fully saturated rings. The molecule has 6 rings (SSSR count). The van der Waals surface area contributed by atoms with E-state index in [1.807, 2.05) is 42.5 Å². The van der Waals surface area contributed by atoms with Gasteiger partial charge in [-0.3, -0.25) is 0 Å². The summed E-state index contributed by atoms with van der Waals surface area (Å²) >= 11 is 8.39. The second-order valence-corrected chi connectivity index (χ2v) is 13.3. The minimum atomic E-state index is -0.0360. The monoisotopic (exact) mass is 573 g/mol. The Balaban J connectivity index is 1.35. The molecule has 0 amide bonds. The molecule has 0 saturated carbocycles. The average Bonchev–Trinajstić information content (AvgIpc) is 3.54. The van der Waals surface area contributed by atoms with E-state index in [2.05, 4.69) is 64.5 Å². The van der Waals surface area contributed by atoms with E-state index in [9.17, 15) is 0 Å². The highest BCUT2D eigenvalue weighted by Gasteiger charge is 2.48. The fourth-order valence-electron chi connectivity index (χ4n) is 6.28. The number of aromatic nitrogens is 2. The highest BCUT2D eigenvalue weighted by molar-refractivity contribution is 7.10. The Morgan fingerprint density at radius 2 is 1.73 bits per heavy atom. The molecule has 0 radical (unpaired) electrons. The van der Waals surface area contributed by atoms with Gasteiger partial charge in [-0.1, -0.05) is 74.8 Å². The van der Waals surface area contributed by atoms with Crippen molar-refractivity contribution in [2.24, 2.45) is 5.41 Å². The molecule has 1 N–H and O–H groups in total. The quantitative estimate of drug-likeness (QED) is 0.251. The number of anilines is 4. The average molecular weight is 574 g/mol. The van der Waals surface area contributed by atoms with Crippen LogP contribution in [0.3, 0.4) is 0 Å². The van der Waals surface area contributed by atoms with Crippen LogP contribution in [0.1, 0.15) is 39.2 Å². The Morgan fingerprint density at radius 1 is 1.00 bits per heavy atom. The number of fused-ring (bicyclic) bond motifs is 2. The molecular weight excluding hydrogens is 538 g/mol. The molecule has 3 heterocycles. The van der Waals surface area contributed by atoms with E-state index in [1.165, 1.54) is 17.1 Å². The minimum Gasteiger partial charge on any atom is -0.495 e. The number of piperidine rings is 1. The fourth-order valence-corrected chi connectivity index (χ4v) is 7.23. The molecule has 2 aliphatic heterocycles. The van der Waals surface area contributed by atoms with Gasteiger partial charge in [-0.15, -0.1) is 0 Å². The summed E-state index contributed by atoms with van der Waals surface area (Å²) in [5, 5.41) is 5.15. The SMILES string of the molecule is COc1ccc(Cl)c2c1N(c1ccccc1Nc1nc(-c3ccccc3)ns1)CC21CCN(CC(C)(C)C)CC1. The van der Waals surface area contributed by atoms with Gasteiger partial charge in [0.05, 0.1) is 24.2 Å². The van der Waals surface area contributed by atoms with Crippen LogP contribution in [0.4, 0.5) is 22.2 Å². The third kappa shape index (κ3) is 5.18. The first-order valence-corrected chi connectivity index (χ1v) is 15.0. The number of methoxy groups -OCH3 is 1. The molecule has 208 valence electrons. The molecule has 2 aliphatic rings. The molecule has 3 aromatic carbocycles. The van der Waals surface area contributed by atoms with Crippen molar-refractivity contribution in [1.82, 2.24) is 14.3 Å². The number of benzene rings is 3. The molecule has 40 heavy (non-hydrogen) atoms. The summed E-state index contributed by atoms with van der Waals surface area (Å²) in [4.78, 5) is 9.79. The Kier molecular flexibility index (Phi) is 7.23. The first-order chi connectivity index (χ1) is 19.3. The summed E-state index contributed by atoms with van der Waals surface area (Å²) in [6.45, 7) is 11.0. The van der Waals surface area contributed by atoms with Crippen molar-refractivity contribution in [3.8, 4) is 17.1 Å². The van der Waals surface area contributed by atoms with Gasteiger partial charge in [-0.25, -0.2) is 0 Å². The van der Waals surface area contributed by atoms with Gasteiger partial charge < -0.3 is 19.9 Å². The Labute approximate surface area is 246 Å². The fraction of sp³-hybridized carbons (Fsp3) is 0.375. The lowest BCUT2D eigenvalue weighted by Gasteiger charge is -2.42. The lowest BCUT2D eigenvalue weighted by molar-refractivity contribution is 0.125. The molecule has 0 bridgehead atoms. The highest BCUT2D eigenvalue weighted by atomic mass is 35.5. The normalized spacial score (nSPS) is 16.8. The number of likely N-dealkylation sites (tertiary alicyclic amines) is 1. The van der Waals surface area contributed by atoms with Crippen LogP contribution in [-0.2, 0) is 5.41 Å². The maximum Gasteiger partial charge on any atom is 0.207 e. The number of hydrogen-bond donors (Lipinski definition) is 1. The first-order valence-electron chi connectivity index (χ1n) is 13.9. The Morgan fingerprint density at radius 3 is 2.45 bits per heavy atom. The number of nitrogens with one attached hydrogen (secondary N) is 1. The van der Waals surface area contributed by atoms with Crippen molar-refractivity contribution in [3.63, 3.8) is 0 Å². The zero-order chi connectivity index (χ0) is 27.9. The van der Waals surface area contributed by atoms with Crippen LogP contribution < -0.4 is 15.0 Å². The van der Waals surface area contributed by atoms with Gasteiger partial charge in [-0.05, 0) is 55.6 Å². The standard InChI is InChI=1S/C32H36ClN5OS/c1-31(2,3)20-37-18-16-32(17-19-37)21-38(28-26(39-4)15-14-23(33)27(28)32)25-13-9-8-12-24(25)34-30-35-29(36-40-30)22-10-6-5-7-11-22/h5-15H,16-21H2,1-4H3,(H,34,35,36). The largest absolute Gasteiger partial charge is 0.495 e. The molecule has 1 aromatic heterocycles. The summed E-state index contributed by atoms with van der Waals surface area (Å²) in [5.41, 5.74) is 5.61. The van der Waals surface area contributed by atoms with Gasteiger partial charge in [0, 0.05) is 46.2 Å². The summed E-state index contributed by atoms with van der Waals surface area (Å²) in [6, 6.07) is 22.5. The predicted molar refractivity (Wildman–Crippen MR) is 167 cm³/mol. The van der Waals surface area contributed by atoms with E-state index in [4.69, 9.17) is 21.3 Å². The highest BCUT2D eigenvalue weighted by Crippen LogP contribution is 2.56. The lowest BCUT2D eigenvalue weighted by Crippen LogP contribution is -2.46. The summed E-state index contributed by atoms with van der Waals surface area (Å²) in [5.74, 6) is 1.58. The Hall–Kier alpha value is -3.13. The molecule has 0 unspecified atom stereocenters. The number of para-hydroxylation sites is 2. The predicted octanol–water partition coefficient (Wildman–Crippen LogP) is 8.14. The van der Waals surface area contributed by atoms with Crippen LogP contribution in [0, 0.1) is 5.41 Å². The van der Waals surface area contributed by atoms with Gasteiger partial charge in [0.15, 0.2) is 5.82 Å². The van der Waals surface area contributed by atoms with E-state index in [0.717, 1.165) is 83.4 Å². The topological polar surface area (TPSA) is 53.5 Å². The second-order valence-electron chi connectivity index (χ2n) is 12.1. The zero-order valence-electron chi connectivity index (χ0n) is 23.6. The zero-order valence-corrected chi connectivity index (χ0v) is 25.1. The van der Waals surface area contributed by atoms with Crippen molar-refractivity contribution >= 4 is 45.3 Å². The number of hydrogen-bond acceptors (Lipinski definition) is 7. The third-order valence-electron chi connectivity index (χ3n) is 7.98. The lowest BCUT2D eigenvalue weighted by atomic mass is 9.74. The van der Waals surface area contributed by atoms with Crippen LogP contribution in [0.5, 0.6) is 5.75 Å². The molecule has 1 spiro atoms. The molecule has 0 atom stereocenters. The summed E-state index contributed by atoms with van der Waals surface area (Å²) in [7, 11) is 1.75. The molecule has 4 aromatic rings. The first kappa shape index (κ1) is 27.1. The maximum atomic E-state index is 7.02. The molecule has 0 aliphatic carbocycles. The van der Waals surface area contributed by atoms with Crippen LogP contribution in [-0.4, -0.2) is 47.5 Å². The molecule has 6 nitrogen and oxygen atoms in total. The van der Waals surface area contributed by atoms with Gasteiger partial charge in [0.25, 0.3) is 0 Å². The minimum absolute atomic E-state index is 0.0360. The van der Waals surface area contributed by atoms with E-state index in [0.29, 0.717) is 0 Å². The van der Waals surface area contributed by atoms with Crippen molar-refractivity contribution in [2.75, 3.05) is 43.5 Å². The van der Waals surface area contributed by atoms with Crippen molar-refractivity contribution in [1.29, 1.82) is 0 Å². The van der Waals surface area contributed by atoms with Gasteiger partial charge >= 0.3 is 0 Å². The van der Waals surface area contributed by atoms with Crippen molar-refractivity contribution in [3.05, 3.63) is 77.3 Å². The summed E-state index contributed by atoms with van der Waals surface area (Å²) in [6.07, 6.45) is 2.12. The molecular formula is C32H36ClN5OS.